The zero-order valence-corrected chi connectivity index (χ0v) is 12.8. The number of fused-ring (bicyclic) bond motifs is 1. The Balaban J connectivity index is 2.18. The Bertz CT molecular complexity index is 850. The van der Waals surface area contributed by atoms with Crippen molar-refractivity contribution in [1.29, 1.82) is 0 Å². The van der Waals surface area contributed by atoms with E-state index in [2.05, 4.69) is 33.9 Å². The van der Waals surface area contributed by atoms with Crippen molar-refractivity contribution in [2.75, 3.05) is 0 Å². The number of hydrogen-bond acceptors (Lipinski definition) is 5. The third kappa shape index (κ3) is 2.49. The summed E-state index contributed by atoms with van der Waals surface area (Å²) < 4.78 is 3.35. The lowest BCUT2D eigenvalue weighted by atomic mass is 10.0. The van der Waals surface area contributed by atoms with Crippen LogP contribution in [0.15, 0.2) is 35.9 Å². The summed E-state index contributed by atoms with van der Waals surface area (Å²) >= 11 is 0. The Labute approximate surface area is 127 Å². The Morgan fingerprint density at radius 3 is 2.77 bits per heavy atom. The van der Waals surface area contributed by atoms with E-state index in [1.165, 1.54) is 6.33 Å². The van der Waals surface area contributed by atoms with Gasteiger partial charge < -0.3 is 0 Å². The van der Waals surface area contributed by atoms with Crippen molar-refractivity contribution in [3.63, 3.8) is 0 Å². The van der Waals surface area contributed by atoms with Crippen molar-refractivity contribution < 1.29 is 0 Å². The molecule has 0 aliphatic carbocycles. The molecule has 22 heavy (non-hydrogen) atoms. The summed E-state index contributed by atoms with van der Waals surface area (Å²) in [6.07, 6.45) is 7.07. The predicted molar refractivity (Wildman–Crippen MR) is 82.4 cm³/mol. The lowest BCUT2D eigenvalue weighted by Crippen LogP contribution is -2.28. The second kappa shape index (κ2) is 5.67. The lowest BCUT2D eigenvalue weighted by Gasteiger charge is -2.20. The highest BCUT2D eigenvalue weighted by molar-refractivity contribution is 5.75. The lowest BCUT2D eigenvalue weighted by molar-refractivity contribution is 0.411. The third-order valence-electron chi connectivity index (χ3n) is 3.66. The Hall–Kier alpha value is -2.57. The van der Waals surface area contributed by atoms with Crippen LogP contribution >= 0.6 is 0 Å². The quantitative estimate of drug-likeness (QED) is 0.730. The molecule has 3 aromatic heterocycles. The van der Waals surface area contributed by atoms with Gasteiger partial charge in [0.1, 0.15) is 12.2 Å². The average molecular weight is 298 g/mol. The van der Waals surface area contributed by atoms with E-state index in [1.54, 1.807) is 34.0 Å². The van der Waals surface area contributed by atoms with Crippen LogP contribution in [-0.2, 0) is 7.05 Å². The van der Waals surface area contributed by atoms with Crippen LogP contribution in [0.5, 0.6) is 0 Å². The van der Waals surface area contributed by atoms with Gasteiger partial charge in [-0.25, -0.2) is 9.97 Å². The van der Waals surface area contributed by atoms with Crippen molar-refractivity contribution in [2.24, 2.45) is 13.0 Å². The second-order valence-corrected chi connectivity index (χ2v) is 5.74. The minimum absolute atomic E-state index is 0.0824. The van der Waals surface area contributed by atoms with Crippen LogP contribution in [0.3, 0.4) is 0 Å². The Morgan fingerprint density at radius 2 is 2.09 bits per heavy atom. The van der Waals surface area contributed by atoms with Gasteiger partial charge in [-0.2, -0.15) is 5.10 Å². The molecule has 0 fully saturated rings. The van der Waals surface area contributed by atoms with Crippen molar-refractivity contribution in [2.45, 2.75) is 26.3 Å². The number of aromatic nitrogens is 6. The fourth-order valence-corrected chi connectivity index (χ4v) is 2.60. The highest BCUT2D eigenvalue weighted by Gasteiger charge is 2.22. The van der Waals surface area contributed by atoms with Crippen LogP contribution in [0.25, 0.3) is 10.9 Å². The van der Waals surface area contributed by atoms with E-state index in [9.17, 15) is 4.79 Å². The summed E-state index contributed by atoms with van der Waals surface area (Å²) in [6.45, 7) is 4.24. The first-order valence-corrected chi connectivity index (χ1v) is 7.22. The largest absolute Gasteiger partial charge is 0.288 e. The average Bonchev–Trinajstić information content (AvgIpc) is 2.92. The van der Waals surface area contributed by atoms with E-state index in [0.29, 0.717) is 16.8 Å². The first-order valence-electron chi connectivity index (χ1n) is 7.22. The molecule has 7 nitrogen and oxygen atoms in total. The van der Waals surface area contributed by atoms with E-state index in [4.69, 9.17) is 0 Å². The van der Waals surface area contributed by atoms with Crippen LogP contribution < -0.4 is 5.56 Å². The highest BCUT2D eigenvalue weighted by Crippen LogP contribution is 2.22. The predicted octanol–water partition coefficient (Wildman–Crippen LogP) is 1.56. The molecular weight excluding hydrogens is 280 g/mol. The summed E-state index contributed by atoms with van der Waals surface area (Å²) in [5, 5.41) is 4.69. The van der Waals surface area contributed by atoms with Gasteiger partial charge in [0.15, 0.2) is 0 Å². The van der Waals surface area contributed by atoms with Gasteiger partial charge in [-0.1, -0.05) is 13.8 Å². The molecular formula is C15H18N6O. The normalized spacial score (nSPS) is 12.9. The summed E-state index contributed by atoms with van der Waals surface area (Å²) in [7, 11) is 1.83. The Kier molecular flexibility index (Phi) is 3.70. The highest BCUT2D eigenvalue weighted by atomic mass is 16.1. The van der Waals surface area contributed by atoms with Gasteiger partial charge in [-0.05, 0) is 18.4 Å². The van der Waals surface area contributed by atoms with E-state index < -0.39 is 0 Å². The van der Waals surface area contributed by atoms with Crippen LogP contribution in [0.1, 0.15) is 32.1 Å². The summed E-state index contributed by atoms with van der Waals surface area (Å²) in [5.74, 6) is 1.16. The van der Waals surface area contributed by atoms with Crippen molar-refractivity contribution in [1.82, 2.24) is 29.3 Å². The van der Waals surface area contributed by atoms with Gasteiger partial charge >= 0.3 is 0 Å². The SMILES string of the molecule is CC(C)C[C@@H](c1ncnn1C)n1cnc2cnccc2c1=O. The van der Waals surface area contributed by atoms with E-state index >= 15 is 0 Å². The molecule has 3 heterocycles. The number of nitrogens with zero attached hydrogens (tertiary/aromatic N) is 6. The van der Waals surface area contributed by atoms with Crippen LogP contribution in [0, 0.1) is 5.92 Å². The van der Waals surface area contributed by atoms with Gasteiger partial charge in [-0.3, -0.25) is 19.0 Å². The molecule has 0 unspecified atom stereocenters. The number of rotatable bonds is 4. The third-order valence-corrected chi connectivity index (χ3v) is 3.66. The van der Waals surface area contributed by atoms with E-state index in [0.717, 1.165) is 12.2 Å². The van der Waals surface area contributed by atoms with Gasteiger partial charge in [0.25, 0.3) is 5.56 Å². The molecule has 0 radical (unpaired) electrons. The molecule has 1 atom stereocenters. The maximum atomic E-state index is 12.8. The van der Waals surface area contributed by atoms with Gasteiger partial charge in [0.2, 0.25) is 0 Å². The van der Waals surface area contributed by atoms with E-state index in [1.807, 2.05) is 7.05 Å². The Morgan fingerprint density at radius 1 is 1.27 bits per heavy atom. The van der Waals surface area contributed by atoms with Gasteiger partial charge in [0.05, 0.1) is 29.5 Å². The van der Waals surface area contributed by atoms with Crippen molar-refractivity contribution in [3.05, 3.63) is 47.3 Å². The first-order chi connectivity index (χ1) is 10.6. The molecule has 3 rings (SSSR count). The molecule has 0 saturated carbocycles. The first kappa shape index (κ1) is 14.4. The monoisotopic (exact) mass is 298 g/mol. The molecule has 114 valence electrons. The molecule has 0 aliphatic heterocycles. The number of pyridine rings is 1. The van der Waals surface area contributed by atoms with Crippen molar-refractivity contribution >= 4 is 10.9 Å². The molecule has 0 bridgehead atoms. The van der Waals surface area contributed by atoms with Crippen molar-refractivity contribution in [3.8, 4) is 0 Å². The number of aryl methyl sites for hydroxylation is 1. The topological polar surface area (TPSA) is 78.5 Å². The molecule has 0 amide bonds. The molecule has 3 aromatic rings. The maximum absolute atomic E-state index is 12.8. The summed E-state index contributed by atoms with van der Waals surface area (Å²) in [6, 6.07) is 1.51. The maximum Gasteiger partial charge on any atom is 0.261 e. The standard InChI is InChI=1S/C15H18N6O/c1-10(2)6-13(14-17-8-19-20(14)3)21-9-18-12-7-16-5-4-11(12)15(21)22/h4-5,7-10,13H,6H2,1-3H3/t13-/m0/s1. The smallest absolute Gasteiger partial charge is 0.261 e. The molecule has 0 N–H and O–H groups in total. The van der Waals surface area contributed by atoms with Crippen LogP contribution in [0.2, 0.25) is 0 Å². The molecule has 0 aromatic carbocycles. The summed E-state index contributed by atoms with van der Waals surface area (Å²) in [5.41, 5.74) is 0.520. The minimum Gasteiger partial charge on any atom is -0.288 e. The molecule has 7 heteroatoms. The summed E-state index contributed by atoms with van der Waals surface area (Å²) in [4.78, 5) is 25.5. The van der Waals surface area contributed by atoms with Gasteiger partial charge in [-0.15, -0.1) is 0 Å². The molecule has 0 aliphatic rings. The fraction of sp³-hybridized carbons (Fsp3) is 0.400. The van der Waals surface area contributed by atoms with Crippen LogP contribution in [-0.4, -0.2) is 29.3 Å². The van der Waals surface area contributed by atoms with E-state index in [-0.39, 0.29) is 11.6 Å². The van der Waals surface area contributed by atoms with Crippen LogP contribution in [0.4, 0.5) is 0 Å². The zero-order chi connectivity index (χ0) is 15.7. The minimum atomic E-state index is -0.190. The van der Waals surface area contributed by atoms with Gasteiger partial charge in [0, 0.05) is 13.2 Å². The molecule has 0 spiro atoms. The molecule has 0 saturated heterocycles. The zero-order valence-electron chi connectivity index (χ0n) is 12.8. The second-order valence-electron chi connectivity index (χ2n) is 5.74. The number of hydrogen-bond donors (Lipinski definition) is 0. The fourth-order valence-electron chi connectivity index (χ4n) is 2.60.